The molecule has 1 N–H and O–H groups in total. The molecule has 1 aromatic rings. The molecule has 0 fully saturated rings. The van der Waals surface area contributed by atoms with Crippen molar-refractivity contribution < 1.29 is 14.6 Å². The fourth-order valence-corrected chi connectivity index (χ4v) is 0.653. The summed E-state index contributed by atoms with van der Waals surface area (Å²) in [7, 11) is 1.49. The van der Waals surface area contributed by atoms with Crippen LogP contribution in [-0.2, 0) is 22.7 Å². The lowest BCUT2D eigenvalue weighted by atomic mass is 10.4. The van der Waals surface area contributed by atoms with Crippen LogP contribution >= 0.6 is 0 Å². The highest BCUT2D eigenvalue weighted by Gasteiger charge is 2.06. The van der Waals surface area contributed by atoms with Crippen LogP contribution in [-0.4, -0.2) is 38.4 Å². The van der Waals surface area contributed by atoms with Crippen molar-refractivity contribution in [2.24, 2.45) is 0 Å². The highest BCUT2D eigenvalue weighted by atomic mass is 16.5. The molecule has 66 valence electrons. The van der Waals surface area contributed by atoms with E-state index in [2.05, 4.69) is 15.4 Å². The second-order valence-electron chi connectivity index (χ2n) is 2.07. The molecule has 0 aliphatic rings. The third kappa shape index (κ3) is 2.27. The van der Waals surface area contributed by atoms with Crippen LogP contribution in [0, 0.1) is 0 Å². The van der Waals surface area contributed by atoms with E-state index < -0.39 is 5.97 Å². The third-order valence-corrected chi connectivity index (χ3v) is 1.05. The molecule has 1 aromatic heterocycles. The zero-order valence-corrected chi connectivity index (χ0v) is 6.47. The molecule has 0 saturated carbocycles. The lowest BCUT2D eigenvalue weighted by molar-refractivity contribution is -0.136. The van der Waals surface area contributed by atoms with Crippen molar-refractivity contribution in [1.82, 2.24) is 20.2 Å². The van der Waals surface area contributed by atoms with Gasteiger partial charge in [0.2, 0.25) is 0 Å². The van der Waals surface area contributed by atoms with Crippen molar-refractivity contribution in [3.05, 3.63) is 5.82 Å². The van der Waals surface area contributed by atoms with Crippen LogP contribution in [0.2, 0.25) is 0 Å². The maximum absolute atomic E-state index is 10.2. The van der Waals surface area contributed by atoms with Crippen molar-refractivity contribution in [2.45, 2.75) is 13.2 Å². The first kappa shape index (κ1) is 8.60. The van der Waals surface area contributed by atoms with E-state index in [9.17, 15) is 4.79 Å². The van der Waals surface area contributed by atoms with Gasteiger partial charge in [-0.05, 0) is 5.21 Å². The summed E-state index contributed by atoms with van der Waals surface area (Å²) in [4.78, 5) is 11.4. The molecule has 0 aliphatic carbocycles. The number of hydrogen-bond donors (Lipinski definition) is 1. The molecule has 7 nitrogen and oxygen atoms in total. The van der Waals surface area contributed by atoms with Crippen LogP contribution in [0.5, 0.6) is 0 Å². The summed E-state index contributed by atoms with van der Waals surface area (Å²) in [5.41, 5.74) is 0. The van der Waals surface area contributed by atoms with Crippen molar-refractivity contribution in [2.75, 3.05) is 7.11 Å². The van der Waals surface area contributed by atoms with Crippen LogP contribution in [0.15, 0.2) is 0 Å². The Bertz CT molecular complexity index is 271. The van der Waals surface area contributed by atoms with E-state index in [1.807, 2.05) is 0 Å². The van der Waals surface area contributed by atoms with Gasteiger partial charge in [0.25, 0.3) is 0 Å². The van der Waals surface area contributed by atoms with Gasteiger partial charge in [0.1, 0.15) is 6.42 Å². The van der Waals surface area contributed by atoms with Crippen LogP contribution in [0.3, 0.4) is 0 Å². The third-order valence-electron chi connectivity index (χ3n) is 1.05. The number of ether oxygens (including phenoxy) is 1. The van der Waals surface area contributed by atoms with Crippen molar-refractivity contribution in [1.29, 1.82) is 0 Å². The van der Waals surface area contributed by atoms with Gasteiger partial charge in [-0.1, -0.05) is 0 Å². The van der Waals surface area contributed by atoms with Gasteiger partial charge in [0.05, 0.1) is 0 Å². The number of rotatable bonds is 4. The van der Waals surface area contributed by atoms with Gasteiger partial charge in [-0.2, -0.15) is 0 Å². The van der Waals surface area contributed by atoms with Crippen LogP contribution in [0.25, 0.3) is 0 Å². The van der Waals surface area contributed by atoms with Crippen LogP contribution in [0.4, 0.5) is 0 Å². The van der Waals surface area contributed by atoms with Crippen molar-refractivity contribution >= 4 is 5.97 Å². The van der Waals surface area contributed by atoms with Crippen LogP contribution < -0.4 is 0 Å². The van der Waals surface area contributed by atoms with Gasteiger partial charge in [-0.3, -0.25) is 4.79 Å². The van der Waals surface area contributed by atoms with E-state index in [1.165, 1.54) is 11.9 Å². The van der Waals surface area contributed by atoms with E-state index in [-0.39, 0.29) is 19.0 Å². The first-order chi connectivity index (χ1) is 5.72. The predicted molar refractivity (Wildman–Crippen MR) is 36.2 cm³/mol. The lowest BCUT2D eigenvalue weighted by Gasteiger charge is -1.92. The van der Waals surface area contributed by atoms with E-state index in [1.54, 1.807) is 0 Å². The maximum atomic E-state index is 10.2. The topological polar surface area (TPSA) is 90.1 Å². The molecule has 0 amide bonds. The van der Waals surface area contributed by atoms with Gasteiger partial charge < -0.3 is 9.84 Å². The molecule has 0 radical (unpaired) electrons. The molecule has 1 rings (SSSR count). The van der Waals surface area contributed by atoms with Gasteiger partial charge in [0.15, 0.2) is 12.6 Å². The largest absolute Gasteiger partial charge is 0.481 e. The Hall–Kier alpha value is -1.50. The number of hydrogen-bond acceptors (Lipinski definition) is 5. The van der Waals surface area contributed by atoms with Gasteiger partial charge in [0, 0.05) is 7.11 Å². The fourth-order valence-electron chi connectivity index (χ4n) is 0.653. The number of nitrogens with zero attached hydrogens (tertiary/aromatic N) is 4. The normalized spacial score (nSPS) is 10.1. The first-order valence-electron chi connectivity index (χ1n) is 3.20. The second-order valence-corrected chi connectivity index (χ2v) is 2.07. The number of carboxylic acid groups (broad SMARTS) is 1. The quantitative estimate of drug-likeness (QED) is 0.620. The molecule has 0 aromatic carbocycles. The average molecular weight is 172 g/mol. The number of carboxylic acids is 1. The van der Waals surface area contributed by atoms with Gasteiger partial charge in [-0.15, -0.1) is 15.0 Å². The summed E-state index contributed by atoms with van der Waals surface area (Å²) < 4.78 is 4.70. The van der Waals surface area contributed by atoms with E-state index in [0.29, 0.717) is 0 Å². The first-order valence-corrected chi connectivity index (χ1v) is 3.20. The van der Waals surface area contributed by atoms with Gasteiger partial charge in [-0.25, -0.2) is 0 Å². The van der Waals surface area contributed by atoms with Crippen molar-refractivity contribution in [3.63, 3.8) is 0 Å². The number of methoxy groups -OCH3 is 1. The number of aliphatic carboxylic acids is 1. The molecule has 0 unspecified atom stereocenters. The minimum atomic E-state index is -0.980. The summed E-state index contributed by atoms with van der Waals surface area (Å²) in [6.45, 7) is 0.173. The lowest BCUT2D eigenvalue weighted by Crippen LogP contribution is -2.05. The summed E-state index contributed by atoms with van der Waals surface area (Å²) in [6, 6.07) is 0. The average Bonchev–Trinajstić information content (AvgIpc) is 2.36. The zero-order valence-electron chi connectivity index (χ0n) is 6.47. The smallest absolute Gasteiger partial charge is 0.311 e. The van der Waals surface area contributed by atoms with E-state index >= 15 is 0 Å². The minimum absolute atomic E-state index is 0.173. The maximum Gasteiger partial charge on any atom is 0.311 e. The van der Waals surface area contributed by atoms with E-state index in [0.717, 1.165) is 0 Å². The Morgan fingerprint density at radius 3 is 3.08 bits per heavy atom. The molecule has 7 heteroatoms. The highest BCUT2D eigenvalue weighted by molar-refractivity contribution is 5.68. The molecule has 0 spiro atoms. The molecule has 12 heavy (non-hydrogen) atoms. The van der Waals surface area contributed by atoms with Crippen molar-refractivity contribution in [3.8, 4) is 0 Å². The molecule has 0 saturated heterocycles. The fraction of sp³-hybridized carbons (Fsp3) is 0.600. The minimum Gasteiger partial charge on any atom is -0.481 e. The molecule has 0 bridgehead atoms. The molecule has 0 atom stereocenters. The summed E-state index contributed by atoms with van der Waals surface area (Å²) in [5.74, 6) is -0.800. The van der Waals surface area contributed by atoms with Gasteiger partial charge >= 0.3 is 5.97 Å². The standard InChI is InChI=1S/C5H8N4O3/c1-12-3-9-7-4(6-8-9)2-5(10)11/h2-3H2,1H3,(H,10,11). The second kappa shape index (κ2) is 3.77. The van der Waals surface area contributed by atoms with E-state index in [4.69, 9.17) is 9.84 Å². The SMILES string of the molecule is COCn1nnc(CC(=O)O)n1. The molecular formula is C5H8N4O3. The highest BCUT2D eigenvalue weighted by Crippen LogP contribution is 1.88. The number of tetrazole rings is 1. The summed E-state index contributed by atoms with van der Waals surface area (Å²) >= 11 is 0. The predicted octanol–water partition coefficient (Wildman–Crippen LogP) is -1.10. The summed E-state index contributed by atoms with van der Waals surface area (Å²) in [6.07, 6.45) is -0.219. The number of carbonyl (C=O) groups is 1. The Morgan fingerprint density at radius 2 is 2.50 bits per heavy atom. The molecular weight excluding hydrogens is 164 g/mol. The summed E-state index contributed by atoms with van der Waals surface area (Å²) in [5, 5.41) is 19.1. The Kier molecular flexibility index (Phi) is 2.70. The van der Waals surface area contributed by atoms with Crippen LogP contribution in [0.1, 0.15) is 5.82 Å². The molecule has 1 heterocycles. The Morgan fingerprint density at radius 1 is 1.75 bits per heavy atom. The number of aromatic nitrogens is 4. The zero-order chi connectivity index (χ0) is 8.97. The molecule has 0 aliphatic heterocycles. The Labute approximate surface area is 67.9 Å². The Balaban J connectivity index is 2.58. The monoisotopic (exact) mass is 172 g/mol.